The Labute approximate surface area is 117 Å². The molecule has 0 saturated carbocycles. The molecule has 3 nitrogen and oxygen atoms in total. The summed E-state index contributed by atoms with van der Waals surface area (Å²) in [5.74, 6) is 0. The SMILES string of the molecule is N=c1[nH]cc(-c2ccccc2)nc1Cc1ccccc1. The second-order valence-electron chi connectivity index (χ2n) is 4.64. The minimum absolute atomic E-state index is 0.369. The van der Waals surface area contributed by atoms with Crippen LogP contribution in [0.5, 0.6) is 0 Å². The molecule has 98 valence electrons. The first kappa shape index (κ1) is 12.4. The molecule has 2 aromatic carbocycles. The predicted octanol–water partition coefficient (Wildman–Crippen LogP) is 3.15. The topological polar surface area (TPSA) is 52.5 Å². The minimum Gasteiger partial charge on any atom is -0.343 e. The lowest BCUT2D eigenvalue weighted by molar-refractivity contribution is 0.940. The van der Waals surface area contributed by atoms with Crippen molar-refractivity contribution in [1.82, 2.24) is 9.97 Å². The molecule has 0 fully saturated rings. The van der Waals surface area contributed by atoms with Crippen LogP contribution in [0.15, 0.2) is 66.9 Å². The molecule has 0 radical (unpaired) electrons. The zero-order valence-corrected chi connectivity index (χ0v) is 11.0. The average molecular weight is 261 g/mol. The Kier molecular flexibility index (Phi) is 3.42. The first-order valence-electron chi connectivity index (χ1n) is 6.55. The van der Waals surface area contributed by atoms with Crippen molar-refractivity contribution >= 4 is 0 Å². The van der Waals surface area contributed by atoms with Crippen LogP contribution in [0.25, 0.3) is 11.3 Å². The van der Waals surface area contributed by atoms with Gasteiger partial charge in [-0.15, -0.1) is 0 Å². The molecule has 0 aliphatic heterocycles. The van der Waals surface area contributed by atoms with Crippen molar-refractivity contribution < 1.29 is 0 Å². The fraction of sp³-hybridized carbons (Fsp3) is 0.0588. The molecule has 1 aromatic heterocycles. The van der Waals surface area contributed by atoms with Crippen molar-refractivity contribution in [2.75, 3.05) is 0 Å². The molecular formula is C17H15N3. The van der Waals surface area contributed by atoms with Gasteiger partial charge in [0, 0.05) is 18.2 Å². The first-order valence-corrected chi connectivity index (χ1v) is 6.55. The van der Waals surface area contributed by atoms with Gasteiger partial charge in [0.05, 0.1) is 11.4 Å². The summed E-state index contributed by atoms with van der Waals surface area (Å²) in [4.78, 5) is 7.61. The maximum absolute atomic E-state index is 7.96. The number of aromatic nitrogens is 2. The van der Waals surface area contributed by atoms with E-state index in [2.05, 4.69) is 22.1 Å². The molecule has 1 heterocycles. The first-order chi connectivity index (χ1) is 9.83. The number of nitrogens with one attached hydrogen (secondary N) is 2. The fourth-order valence-electron chi connectivity index (χ4n) is 2.13. The van der Waals surface area contributed by atoms with Gasteiger partial charge < -0.3 is 4.98 Å². The molecule has 0 spiro atoms. The Balaban J connectivity index is 1.98. The van der Waals surface area contributed by atoms with E-state index in [4.69, 9.17) is 5.41 Å². The van der Waals surface area contributed by atoms with Gasteiger partial charge in [0.2, 0.25) is 0 Å². The van der Waals surface area contributed by atoms with E-state index in [0.717, 1.165) is 22.5 Å². The van der Waals surface area contributed by atoms with Crippen molar-refractivity contribution in [1.29, 1.82) is 5.41 Å². The Morgan fingerprint density at radius 3 is 2.25 bits per heavy atom. The molecule has 0 aliphatic rings. The highest BCUT2D eigenvalue weighted by atomic mass is 14.8. The van der Waals surface area contributed by atoms with Gasteiger partial charge in [-0.3, -0.25) is 5.41 Å². The Morgan fingerprint density at radius 1 is 0.900 bits per heavy atom. The summed E-state index contributed by atoms with van der Waals surface area (Å²) in [7, 11) is 0. The average Bonchev–Trinajstić information content (AvgIpc) is 2.51. The van der Waals surface area contributed by atoms with Gasteiger partial charge in [0.15, 0.2) is 0 Å². The van der Waals surface area contributed by atoms with Gasteiger partial charge in [-0.05, 0) is 5.56 Å². The molecule has 3 heteroatoms. The number of rotatable bonds is 3. The lowest BCUT2D eigenvalue weighted by Gasteiger charge is -2.05. The highest BCUT2D eigenvalue weighted by molar-refractivity contribution is 5.57. The normalized spacial score (nSPS) is 10.4. The number of aromatic amines is 1. The third kappa shape index (κ3) is 2.67. The van der Waals surface area contributed by atoms with Crippen molar-refractivity contribution in [3.8, 4) is 11.3 Å². The maximum Gasteiger partial charge on any atom is 0.144 e. The molecule has 0 aliphatic carbocycles. The third-order valence-electron chi connectivity index (χ3n) is 3.18. The van der Waals surface area contributed by atoms with Gasteiger partial charge in [-0.2, -0.15) is 0 Å². The lowest BCUT2D eigenvalue weighted by Crippen LogP contribution is -2.15. The molecule has 0 bridgehead atoms. The van der Waals surface area contributed by atoms with Crippen LogP contribution in [0.3, 0.4) is 0 Å². The molecule has 0 atom stereocenters. The van der Waals surface area contributed by atoms with Crippen LogP contribution in [0.4, 0.5) is 0 Å². The monoisotopic (exact) mass is 261 g/mol. The molecule has 0 unspecified atom stereocenters. The second kappa shape index (κ2) is 5.53. The van der Waals surface area contributed by atoms with Gasteiger partial charge in [0.25, 0.3) is 0 Å². The zero-order chi connectivity index (χ0) is 13.8. The quantitative estimate of drug-likeness (QED) is 0.747. The van der Waals surface area contributed by atoms with Crippen molar-refractivity contribution in [2.24, 2.45) is 0 Å². The van der Waals surface area contributed by atoms with E-state index in [9.17, 15) is 0 Å². The van der Waals surface area contributed by atoms with Crippen LogP contribution in [-0.4, -0.2) is 9.97 Å². The van der Waals surface area contributed by atoms with Crippen LogP contribution in [0.2, 0.25) is 0 Å². The zero-order valence-electron chi connectivity index (χ0n) is 11.0. The number of benzene rings is 2. The van der Waals surface area contributed by atoms with E-state index < -0.39 is 0 Å². The van der Waals surface area contributed by atoms with Crippen molar-refractivity contribution in [3.63, 3.8) is 0 Å². The summed E-state index contributed by atoms with van der Waals surface area (Å²) in [6, 6.07) is 20.1. The lowest BCUT2D eigenvalue weighted by atomic mass is 10.1. The van der Waals surface area contributed by atoms with Gasteiger partial charge in [-0.1, -0.05) is 60.7 Å². The summed E-state index contributed by atoms with van der Waals surface area (Å²) in [6.45, 7) is 0. The molecule has 20 heavy (non-hydrogen) atoms. The van der Waals surface area contributed by atoms with Gasteiger partial charge >= 0.3 is 0 Å². The van der Waals surface area contributed by atoms with Crippen molar-refractivity contribution in [2.45, 2.75) is 6.42 Å². The van der Waals surface area contributed by atoms with Crippen LogP contribution in [0, 0.1) is 5.41 Å². The summed E-state index contributed by atoms with van der Waals surface area (Å²) >= 11 is 0. The summed E-state index contributed by atoms with van der Waals surface area (Å²) in [5.41, 5.74) is 4.21. The van der Waals surface area contributed by atoms with E-state index >= 15 is 0 Å². The van der Waals surface area contributed by atoms with Gasteiger partial charge in [-0.25, -0.2) is 4.98 Å². The molecule has 3 rings (SSSR count). The van der Waals surface area contributed by atoms with Crippen LogP contribution in [0.1, 0.15) is 11.3 Å². The van der Waals surface area contributed by atoms with E-state index in [1.165, 1.54) is 0 Å². The van der Waals surface area contributed by atoms with E-state index in [0.29, 0.717) is 11.9 Å². The molecular weight excluding hydrogens is 246 g/mol. The summed E-state index contributed by atoms with van der Waals surface area (Å²) < 4.78 is 0. The summed E-state index contributed by atoms with van der Waals surface area (Å²) in [6.07, 6.45) is 2.45. The molecule has 3 aromatic rings. The van der Waals surface area contributed by atoms with Crippen LogP contribution >= 0.6 is 0 Å². The number of hydrogen-bond acceptors (Lipinski definition) is 2. The fourth-order valence-corrected chi connectivity index (χ4v) is 2.13. The largest absolute Gasteiger partial charge is 0.343 e. The van der Waals surface area contributed by atoms with E-state index in [-0.39, 0.29) is 0 Å². The Morgan fingerprint density at radius 2 is 1.55 bits per heavy atom. The van der Waals surface area contributed by atoms with Gasteiger partial charge in [0.1, 0.15) is 5.49 Å². The summed E-state index contributed by atoms with van der Waals surface area (Å²) in [5, 5.41) is 7.96. The molecule has 0 amide bonds. The number of H-pyrrole nitrogens is 1. The maximum atomic E-state index is 7.96. The second-order valence-corrected chi connectivity index (χ2v) is 4.64. The molecule has 0 saturated heterocycles. The van der Waals surface area contributed by atoms with Crippen LogP contribution < -0.4 is 5.49 Å². The Hall–Kier alpha value is -2.68. The third-order valence-corrected chi connectivity index (χ3v) is 3.18. The predicted molar refractivity (Wildman–Crippen MR) is 79.1 cm³/mol. The van der Waals surface area contributed by atoms with Crippen LogP contribution in [-0.2, 0) is 6.42 Å². The number of hydrogen-bond donors (Lipinski definition) is 2. The van der Waals surface area contributed by atoms with E-state index in [1.807, 2.05) is 48.5 Å². The molecule has 2 N–H and O–H groups in total. The van der Waals surface area contributed by atoms with E-state index in [1.54, 1.807) is 6.20 Å². The number of nitrogens with zero attached hydrogens (tertiary/aromatic N) is 1. The highest BCUT2D eigenvalue weighted by Crippen LogP contribution is 2.15. The van der Waals surface area contributed by atoms with Crippen molar-refractivity contribution in [3.05, 3.63) is 83.6 Å². The minimum atomic E-state index is 0.369. The standard InChI is InChI=1S/C17H15N3/c18-17-15(11-13-7-3-1-4-8-13)20-16(12-19-17)14-9-5-2-6-10-14/h1-10,12H,11H2,(H2,18,19). The highest BCUT2D eigenvalue weighted by Gasteiger charge is 2.04. The smallest absolute Gasteiger partial charge is 0.144 e. The Bertz CT molecular complexity index is 746.